The van der Waals surface area contributed by atoms with Crippen LogP contribution in [0.3, 0.4) is 0 Å². The third kappa shape index (κ3) is 3.19. The van der Waals surface area contributed by atoms with Gasteiger partial charge in [0, 0.05) is 27.6 Å². The minimum atomic E-state index is 0.176. The molecular weight excluding hydrogens is 360 g/mol. The zero-order valence-corrected chi connectivity index (χ0v) is 13.3. The van der Waals surface area contributed by atoms with Crippen LogP contribution in [0, 0.1) is 0 Å². The smallest absolute Gasteiger partial charge is 0.142 e. The van der Waals surface area contributed by atoms with Gasteiger partial charge in [-0.1, -0.05) is 28.1 Å². The van der Waals surface area contributed by atoms with Crippen molar-refractivity contribution in [1.82, 2.24) is 19.9 Å². The van der Waals surface area contributed by atoms with Gasteiger partial charge in [0.2, 0.25) is 0 Å². The quantitative estimate of drug-likeness (QED) is 0.492. The van der Waals surface area contributed by atoms with Crippen molar-refractivity contribution in [3.8, 4) is 11.5 Å². The van der Waals surface area contributed by atoms with E-state index >= 15 is 0 Å². The number of halogens is 1. The Labute approximate surface area is 139 Å². The van der Waals surface area contributed by atoms with Gasteiger partial charge in [0.25, 0.3) is 0 Å². The molecule has 0 aliphatic carbocycles. The molecule has 0 atom stereocenters. The molecule has 2 N–H and O–H groups in total. The van der Waals surface area contributed by atoms with Crippen LogP contribution in [0.5, 0.6) is 11.5 Å². The van der Waals surface area contributed by atoms with Crippen molar-refractivity contribution >= 4 is 37.7 Å². The van der Waals surface area contributed by atoms with E-state index in [9.17, 15) is 10.2 Å². The minimum Gasteiger partial charge on any atom is -0.506 e. The highest BCUT2D eigenvalue weighted by Gasteiger charge is 2.03. The minimum absolute atomic E-state index is 0.176. The first-order valence-electron chi connectivity index (χ1n) is 6.61. The van der Waals surface area contributed by atoms with Crippen molar-refractivity contribution in [3.05, 3.63) is 59.9 Å². The lowest BCUT2D eigenvalue weighted by Crippen LogP contribution is -1.82. The summed E-state index contributed by atoms with van der Waals surface area (Å²) < 4.78 is 0.885. The molecule has 0 saturated heterocycles. The number of hydrogen-bond acceptors (Lipinski definition) is 6. The summed E-state index contributed by atoms with van der Waals surface area (Å²) in [5.74, 6) is 0.375. The first-order chi connectivity index (χ1) is 11.2. The van der Waals surface area contributed by atoms with E-state index in [0.717, 1.165) is 15.2 Å². The van der Waals surface area contributed by atoms with Crippen LogP contribution in [0.1, 0.15) is 0 Å². The van der Waals surface area contributed by atoms with Crippen LogP contribution in [0.4, 0.5) is 0 Å². The maximum Gasteiger partial charge on any atom is 0.142 e. The van der Waals surface area contributed by atoms with Crippen LogP contribution in [-0.2, 0) is 0 Å². The van der Waals surface area contributed by atoms with Crippen LogP contribution in [-0.4, -0.2) is 30.1 Å². The molecule has 114 valence electrons. The van der Waals surface area contributed by atoms with Crippen molar-refractivity contribution in [2.75, 3.05) is 0 Å². The third-order valence-electron chi connectivity index (χ3n) is 3.11. The van der Waals surface area contributed by atoms with Crippen LogP contribution >= 0.6 is 15.9 Å². The van der Waals surface area contributed by atoms with Crippen molar-refractivity contribution in [1.29, 1.82) is 0 Å². The number of aromatic nitrogens is 4. The van der Waals surface area contributed by atoms with Gasteiger partial charge in [0.05, 0.1) is 0 Å². The summed E-state index contributed by atoms with van der Waals surface area (Å²) in [6.07, 6.45) is 6.16. The van der Waals surface area contributed by atoms with Crippen LogP contribution in [0.25, 0.3) is 21.8 Å². The lowest BCUT2D eigenvalue weighted by atomic mass is 10.2. The summed E-state index contributed by atoms with van der Waals surface area (Å²) in [6, 6.07) is 8.59. The molecule has 4 aromatic rings. The summed E-state index contributed by atoms with van der Waals surface area (Å²) in [4.78, 5) is 15.6. The predicted octanol–water partition coefficient (Wildman–Crippen LogP) is 3.43. The predicted molar refractivity (Wildman–Crippen MR) is 90.1 cm³/mol. The summed E-state index contributed by atoms with van der Waals surface area (Å²) in [5.41, 5.74) is 1.17. The van der Waals surface area contributed by atoms with E-state index in [4.69, 9.17) is 0 Å². The van der Waals surface area contributed by atoms with Crippen molar-refractivity contribution in [2.45, 2.75) is 0 Å². The second-order valence-electron chi connectivity index (χ2n) is 4.59. The number of phenols is 2. The number of para-hydroxylation sites is 1. The Morgan fingerprint density at radius 2 is 1.48 bits per heavy atom. The largest absolute Gasteiger partial charge is 0.506 e. The first-order valence-corrected chi connectivity index (χ1v) is 7.41. The van der Waals surface area contributed by atoms with E-state index in [2.05, 4.69) is 35.9 Å². The summed E-state index contributed by atoms with van der Waals surface area (Å²) in [6.45, 7) is 0. The number of rotatable bonds is 0. The van der Waals surface area contributed by atoms with Gasteiger partial charge in [-0.15, -0.1) is 0 Å². The number of benzene rings is 2. The van der Waals surface area contributed by atoms with Gasteiger partial charge in [-0.05, 0) is 18.2 Å². The molecule has 2 heterocycles. The van der Waals surface area contributed by atoms with Gasteiger partial charge in [-0.25, -0.2) is 19.9 Å². The van der Waals surface area contributed by atoms with Gasteiger partial charge >= 0.3 is 0 Å². The maximum absolute atomic E-state index is 9.38. The second kappa shape index (κ2) is 6.53. The van der Waals surface area contributed by atoms with E-state index in [1.165, 1.54) is 12.7 Å². The molecule has 23 heavy (non-hydrogen) atoms. The van der Waals surface area contributed by atoms with E-state index < -0.39 is 0 Å². The highest BCUT2D eigenvalue weighted by Crippen LogP contribution is 2.27. The highest BCUT2D eigenvalue weighted by atomic mass is 79.9. The van der Waals surface area contributed by atoms with Crippen molar-refractivity contribution < 1.29 is 10.2 Å². The number of nitrogens with zero attached hydrogens (tertiary/aromatic N) is 4. The lowest BCUT2D eigenvalue weighted by molar-refractivity contribution is 0.479. The standard InChI is InChI=1S/C8H5BrN2O.C8H6N2O/c9-6-1-2-7(12)8-5(6)3-10-4-11-8;11-7-3-1-2-6-4-9-5-10-8(6)7/h1-4,12H;1-5,11H. The molecule has 0 radical (unpaired) electrons. The Hall–Kier alpha value is -2.80. The molecule has 7 heteroatoms. The van der Waals surface area contributed by atoms with Crippen molar-refractivity contribution in [2.24, 2.45) is 0 Å². The van der Waals surface area contributed by atoms with Gasteiger partial charge in [0.15, 0.2) is 0 Å². The summed E-state index contributed by atoms with van der Waals surface area (Å²) in [7, 11) is 0. The number of hydrogen-bond donors (Lipinski definition) is 2. The lowest BCUT2D eigenvalue weighted by Gasteiger charge is -1.99. The number of fused-ring (bicyclic) bond motifs is 2. The molecule has 0 bridgehead atoms. The number of aromatic hydroxyl groups is 2. The van der Waals surface area contributed by atoms with Crippen LogP contribution in [0.15, 0.2) is 59.9 Å². The van der Waals surface area contributed by atoms with Gasteiger partial charge < -0.3 is 10.2 Å². The van der Waals surface area contributed by atoms with E-state index in [0.29, 0.717) is 11.0 Å². The normalized spacial score (nSPS) is 10.3. The molecule has 0 amide bonds. The Balaban J connectivity index is 0.000000136. The topological polar surface area (TPSA) is 92.0 Å². The Morgan fingerprint density at radius 3 is 2.22 bits per heavy atom. The third-order valence-corrected chi connectivity index (χ3v) is 3.80. The molecule has 4 rings (SSSR count). The molecule has 2 aromatic heterocycles. The molecule has 0 spiro atoms. The number of phenolic OH excluding ortho intramolecular Hbond substituents is 2. The highest BCUT2D eigenvalue weighted by molar-refractivity contribution is 9.10. The summed E-state index contributed by atoms with van der Waals surface area (Å²) in [5, 5.41) is 20.3. The fourth-order valence-electron chi connectivity index (χ4n) is 2.03. The first kappa shape index (κ1) is 15.1. The molecule has 6 nitrogen and oxygen atoms in total. The molecule has 0 aliphatic heterocycles. The SMILES string of the molecule is Oc1ccc(Br)c2cncnc12.Oc1cccc2cncnc12. The van der Waals surface area contributed by atoms with E-state index in [1.54, 1.807) is 36.7 Å². The average Bonchev–Trinajstić information content (AvgIpc) is 2.60. The maximum atomic E-state index is 9.38. The van der Waals surface area contributed by atoms with Gasteiger partial charge in [-0.2, -0.15) is 0 Å². The molecular formula is C16H11BrN4O2. The van der Waals surface area contributed by atoms with E-state index in [-0.39, 0.29) is 11.5 Å². The Bertz CT molecular complexity index is 932. The van der Waals surface area contributed by atoms with Crippen LogP contribution in [0.2, 0.25) is 0 Å². The fourth-order valence-corrected chi connectivity index (χ4v) is 2.45. The van der Waals surface area contributed by atoms with Crippen molar-refractivity contribution in [3.63, 3.8) is 0 Å². The molecule has 2 aromatic carbocycles. The Morgan fingerprint density at radius 1 is 0.783 bits per heavy atom. The van der Waals surface area contributed by atoms with E-state index in [1.807, 2.05) is 6.07 Å². The molecule has 0 saturated carbocycles. The zero-order valence-electron chi connectivity index (χ0n) is 11.8. The fraction of sp³-hybridized carbons (Fsp3) is 0. The molecule has 0 aliphatic rings. The molecule has 0 unspecified atom stereocenters. The van der Waals surface area contributed by atoms with Gasteiger partial charge in [-0.3, -0.25) is 0 Å². The Kier molecular flexibility index (Phi) is 4.29. The van der Waals surface area contributed by atoms with Crippen LogP contribution < -0.4 is 0 Å². The second-order valence-corrected chi connectivity index (χ2v) is 5.44. The molecule has 0 fully saturated rings. The average molecular weight is 371 g/mol. The summed E-state index contributed by atoms with van der Waals surface area (Å²) >= 11 is 3.34. The monoisotopic (exact) mass is 370 g/mol. The zero-order chi connectivity index (χ0) is 16.2. The van der Waals surface area contributed by atoms with Gasteiger partial charge in [0.1, 0.15) is 35.2 Å².